The molecule has 0 spiro atoms. The molecule has 2 aliphatic rings. The highest BCUT2D eigenvalue weighted by atomic mass is 16.3. The minimum atomic E-state index is -0.520. The van der Waals surface area contributed by atoms with Crippen LogP contribution >= 0.6 is 0 Å². The van der Waals surface area contributed by atoms with E-state index < -0.39 is 6.04 Å². The van der Waals surface area contributed by atoms with Gasteiger partial charge in [0.15, 0.2) is 0 Å². The first-order valence-electron chi connectivity index (χ1n) is 7.94. The van der Waals surface area contributed by atoms with Gasteiger partial charge in [0.25, 0.3) is 0 Å². The number of nitrogens with one attached hydrogen (secondary N) is 1. The fourth-order valence-electron chi connectivity index (χ4n) is 3.10. The Hall–Kier alpha value is -1.55. The number of aromatic hydroxyl groups is 1. The number of benzene rings is 1. The van der Waals surface area contributed by atoms with Crippen LogP contribution in [0.4, 0.5) is 0 Å². The molecule has 0 saturated heterocycles. The minimum absolute atomic E-state index is 0.0608. The smallest absolute Gasteiger partial charge is 0.237 e. The van der Waals surface area contributed by atoms with Gasteiger partial charge in [0.05, 0.1) is 6.04 Å². The summed E-state index contributed by atoms with van der Waals surface area (Å²) in [6.45, 7) is 0.789. The van der Waals surface area contributed by atoms with Crippen molar-refractivity contribution in [2.24, 2.45) is 23.5 Å². The molecule has 0 unspecified atom stereocenters. The van der Waals surface area contributed by atoms with Crippen LogP contribution in [0.3, 0.4) is 0 Å². The molecule has 4 heteroatoms. The Morgan fingerprint density at radius 1 is 1.19 bits per heavy atom. The molecule has 2 aliphatic carbocycles. The van der Waals surface area contributed by atoms with Crippen LogP contribution in [0.15, 0.2) is 24.3 Å². The first kappa shape index (κ1) is 14.4. The summed E-state index contributed by atoms with van der Waals surface area (Å²) in [5.74, 6) is 2.52. The molecule has 0 aromatic heterocycles. The van der Waals surface area contributed by atoms with Crippen LogP contribution in [0.25, 0.3) is 0 Å². The van der Waals surface area contributed by atoms with Crippen LogP contribution in [-0.4, -0.2) is 23.6 Å². The lowest BCUT2D eigenvalue weighted by atomic mass is 9.97. The van der Waals surface area contributed by atoms with E-state index in [4.69, 9.17) is 5.73 Å². The average molecular weight is 288 g/mol. The summed E-state index contributed by atoms with van der Waals surface area (Å²) in [7, 11) is 0. The number of nitrogens with two attached hydrogens (primary N) is 1. The number of carbonyl (C=O) groups is 1. The van der Waals surface area contributed by atoms with Crippen molar-refractivity contribution >= 4 is 5.91 Å². The Kier molecular flexibility index (Phi) is 4.15. The van der Waals surface area contributed by atoms with Crippen molar-refractivity contribution in [1.29, 1.82) is 0 Å². The normalized spacial score (nSPS) is 19.5. The highest BCUT2D eigenvalue weighted by molar-refractivity contribution is 5.81. The van der Waals surface area contributed by atoms with Crippen LogP contribution in [0, 0.1) is 17.8 Å². The van der Waals surface area contributed by atoms with Crippen molar-refractivity contribution < 1.29 is 9.90 Å². The van der Waals surface area contributed by atoms with Crippen LogP contribution in [0.1, 0.15) is 31.2 Å². The van der Waals surface area contributed by atoms with Gasteiger partial charge in [-0.25, -0.2) is 0 Å². The van der Waals surface area contributed by atoms with Crippen molar-refractivity contribution in [1.82, 2.24) is 5.32 Å². The third-order valence-electron chi connectivity index (χ3n) is 4.70. The number of amides is 1. The van der Waals surface area contributed by atoms with E-state index in [9.17, 15) is 9.90 Å². The molecule has 0 bridgehead atoms. The molecule has 2 saturated carbocycles. The maximum Gasteiger partial charge on any atom is 0.237 e. The fraction of sp³-hybridized carbons (Fsp3) is 0.588. The molecule has 21 heavy (non-hydrogen) atoms. The number of phenols is 1. The van der Waals surface area contributed by atoms with E-state index >= 15 is 0 Å². The van der Waals surface area contributed by atoms with Crippen molar-refractivity contribution in [2.75, 3.05) is 6.54 Å². The molecule has 3 rings (SSSR count). The standard InChI is InChI=1S/C17H24N2O2/c18-16(9-11-1-7-14(20)8-2-11)17(21)19-10-15(12-3-4-12)13-5-6-13/h1-2,7-8,12-13,15-16,20H,3-6,9-10,18H2,(H,19,21)/t16-/m0/s1. The van der Waals surface area contributed by atoms with Gasteiger partial charge in [0, 0.05) is 6.54 Å². The van der Waals surface area contributed by atoms with Gasteiger partial charge in [-0.15, -0.1) is 0 Å². The maximum absolute atomic E-state index is 12.1. The van der Waals surface area contributed by atoms with Gasteiger partial charge < -0.3 is 16.2 Å². The number of rotatable bonds is 7. The zero-order valence-corrected chi connectivity index (χ0v) is 12.3. The number of carbonyl (C=O) groups excluding carboxylic acids is 1. The van der Waals surface area contributed by atoms with Gasteiger partial charge in [-0.1, -0.05) is 12.1 Å². The Balaban J connectivity index is 1.46. The third kappa shape index (κ3) is 3.97. The molecule has 0 aliphatic heterocycles. The first-order valence-corrected chi connectivity index (χ1v) is 7.94. The van der Waals surface area contributed by atoms with Gasteiger partial charge >= 0.3 is 0 Å². The van der Waals surface area contributed by atoms with Gasteiger partial charge in [-0.3, -0.25) is 4.79 Å². The highest BCUT2D eigenvalue weighted by Gasteiger charge is 2.41. The van der Waals surface area contributed by atoms with Crippen molar-refractivity contribution in [3.63, 3.8) is 0 Å². The number of phenolic OH excluding ortho intramolecular Hbond substituents is 1. The quantitative estimate of drug-likeness (QED) is 0.716. The van der Waals surface area contributed by atoms with Crippen molar-refractivity contribution in [2.45, 2.75) is 38.1 Å². The summed E-state index contributed by atoms with van der Waals surface area (Å²) >= 11 is 0. The molecule has 1 aromatic carbocycles. The highest BCUT2D eigenvalue weighted by Crippen LogP contribution is 2.48. The Morgan fingerprint density at radius 2 is 1.76 bits per heavy atom. The molecule has 4 nitrogen and oxygen atoms in total. The molecule has 1 atom stereocenters. The molecule has 0 heterocycles. The van der Waals surface area contributed by atoms with E-state index in [0.29, 0.717) is 12.3 Å². The molecular weight excluding hydrogens is 264 g/mol. The van der Waals surface area contributed by atoms with Gasteiger partial charge in [0.2, 0.25) is 5.91 Å². The summed E-state index contributed by atoms with van der Waals surface area (Å²) < 4.78 is 0. The van der Waals surface area contributed by atoms with Gasteiger partial charge in [0.1, 0.15) is 5.75 Å². The van der Waals surface area contributed by atoms with Crippen LogP contribution in [0.2, 0.25) is 0 Å². The minimum Gasteiger partial charge on any atom is -0.508 e. The van der Waals surface area contributed by atoms with Crippen LogP contribution in [-0.2, 0) is 11.2 Å². The second-order valence-corrected chi connectivity index (χ2v) is 6.56. The monoisotopic (exact) mass is 288 g/mol. The lowest BCUT2D eigenvalue weighted by molar-refractivity contribution is -0.122. The zero-order chi connectivity index (χ0) is 14.8. The van der Waals surface area contributed by atoms with Gasteiger partial charge in [-0.05, 0) is 67.6 Å². The molecule has 0 radical (unpaired) electrons. The zero-order valence-electron chi connectivity index (χ0n) is 12.3. The van der Waals surface area contributed by atoms with Crippen LogP contribution in [0.5, 0.6) is 5.75 Å². The molecule has 4 N–H and O–H groups in total. The summed E-state index contributed by atoms with van der Waals surface area (Å²) in [6.07, 6.45) is 5.82. The summed E-state index contributed by atoms with van der Waals surface area (Å²) in [6, 6.07) is 6.33. The lowest BCUT2D eigenvalue weighted by Crippen LogP contribution is -2.44. The lowest BCUT2D eigenvalue weighted by Gasteiger charge is -2.18. The van der Waals surface area contributed by atoms with Gasteiger partial charge in [-0.2, -0.15) is 0 Å². The Bertz CT molecular complexity index is 480. The van der Waals surface area contributed by atoms with E-state index in [0.717, 1.165) is 23.9 Å². The summed E-state index contributed by atoms with van der Waals surface area (Å²) in [5.41, 5.74) is 6.95. The topological polar surface area (TPSA) is 75.3 Å². The van der Waals surface area contributed by atoms with Crippen molar-refractivity contribution in [3.8, 4) is 5.75 Å². The van der Waals surface area contributed by atoms with E-state index in [-0.39, 0.29) is 11.7 Å². The fourth-order valence-corrected chi connectivity index (χ4v) is 3.10. The summed E-state index contributed by atoms with van der Waals surface area (Å²) in [5, 5.41) is 12.3. The van der Waals surface area contributed by atoms with E-state index in [1.807, 2.05) is 0 Å². The second-order valence-electron chi connectivity index (χ2n) is 6.56. The van der Waals surface area contributed by atoms with E-state index in [1.165, 1.54) is 25.7 Å². The molecular formula is C17H24N2O2. The molecule has 114 valence electrons. The molecule has 1 aromatic rings. The largest absolute Gasteiger partial charge is 0.508 e. The maximum atomic E-state index is 12.1. The Morgan fingerprint density at radius 3 is 2.29 bits per heavy atom. The predicted molar refractivity (Wildman–Crippen MR) is 81.7 cm³/mol. The van der Waals surface area contributed by atoms with E-state index in [2.05, 4.69) is 5.32 Å². The molecule has 2 fully saturated rings. The van der Waals surface area contributed by atoms with Crippen molar-refractivity contribution in [3.05, 3.63) is 29.8 Å². The average Bonchev–Trinajstić information content (AvgIpc) is 3.35. The first-order chi connectivity index (χ1) is 10.1. The van der Waals surface area contributed by atoms with E-state index in [1.54, 1.807) is 24.3 Å². The molecule has 1 amide bonds. The predicted octanol–water partition coefficient (Wildman–Crippen LogP) is 1.81. The number of hydrogen-bond donors (Lipinski definition) is 3. The van der Waals surface area contributed by atoms with Crippen LogP contribution < -0.4 is 11.1 Å². The SMILES string of the molecule is N[C@@H](Cc1ccc(O)cc1)C(=O)NCC(C1CC1)C1CC1. The number of hydrogen-bond acceptors (Lipinski definition) is 3. The summed E-state index contributed by atoms with van der Waals surface area (Å²) in [4.78, 5) is 12.1. The third-order valence-corrected chi connectivity index (χ3v) is 4.70. The Labute approximate surface area is 125 Å². The second kappa shape index (κ2) is 6.06.